The molecule has 0 spiro atoms. The Morgan fingerprint density at radius 1 is 0.365 bits per heavy atom. The standard InChI is InChI=1S/C34H48B.C16H36N/c1-11-12-25-35(29-19-13-26(14-20-29)32(2,3)4,30-21-15-27(16-22-30)33(5,6)7)31-23-17-28(18-24-31)34(8,9)10;1-5-9-13-17(14-10-6-2,15-11-7-3)16-12-8-4/h13-24H,11-12,25H2,1-10H3;5-16H2,1-4H3/q-1;+1. The van der Waals surface area contributed by atoms with E-state index in [1.54, 1.807) is 0 Å². The molecule has 0 atom stereocenters. The minimum Gasteiger partial charge on any atom is -0.324 e. The molecule has 0 aliphatic carbocycles. The van der Waals surface area contributed by atoms with Crippen LogP contribution in [0.25, 0.3) is 0 Å². The highest BCUT2D eigenvalue weighted by Crippen LogP contribution is 2.27. The number of benzene rings is 3. The number of quaternary nitrogens is 1. The fourth-order valence-electron chi connectivity index (χ4n) is 8.17. The van der Waals surface area contributed by atoms with Crippen LogP contribution in [0.2, 0.25) is 6.32 Å². The first-order valence-corrected chi connectivity index (χ1v) is 21.8. The van der Waals surface area contributed by atoms with Crippen LogP contribution in [-0.4, -0.2) is 36.8 Å². The second-order valence-electron chi connectivity index (χ2n) is 19.5. The predicted molar refractivity (Wildman–Crippen MR) is 239 cm³/mol. The van der Waals surface area contributed by atoms with Gasteiger partial charge in [0, 0.05) is 0 Å². The van der Waals surface area contributed by atoms with Gasteiger partial charge in [0.2, 0.25) is 0 Å². The van der Waals surface area contributed by atoms with E-state index < -0.39 is 6.15 Å². The van der Waals surface area contributed by atoms with E-state index in [0.717, 1.165) is 6.32 Å². The first-order chi connectivity index (χ1) is 24.4. The lowest BCUT2D eigenvalue weighted by Crippen LogP contribution is -2.67. The number of nitrogens with zero attached hydrogens (tertiary/aromatic N) is 1. The van der Waals surface area contributed by atoms with E-state index in [0.29, 0.717) is 0 Å². The Morgan fingerprint density at radius 3 is 0.788 bits per heavy atom. The molecule has 0 aromatic heterocycles. The smallest absolute Gasteiger partial charge is 0.0814 e. The van der Waals surface area contributed by atoms with Crippen molar-refractivity contribution in [1.82, 2.24) is 0 Å². The van der Waals surface area contributed by atoms with Crippen molar-refractivity contribution >= 4 is 22.5 Å². The highest BCUT2D eigenvalue weighted by Gasteiger charge is 2.31. The van der Waals surface area contributed by atoms with Crippen molar-refractivity contribution in [3.8, 4) is 0 Å². The van der Waals surface area contributed by atoms with Gasteiger partial charge in [-0.1, -0.05) is 208 Å². The zero-order chi connectivity index (χ0) is 39.1. The van der Waals surface area contributed by atoms with Crippen LogP contribution >= 0.6 is 0 Å². The van der Waals surface area contributed by atoms with Gasteiger partial charge in [-0.05, 0) is 58.6 Å². The molecule has 292 valence electrons. The maximum absolute atomic E-state index is 2.42. The molecule has 0 unspecified atom stereocenters. The topological polar surface area (TPSA) is 0 Å². The van der Waals surface area contributed by atoms with E-state index in [1.807, 2.05) is 0 Å². The second kappa shape index (κ2) is 21.0. The highest BCUT2D eigenvalue weighted by molar-refractivity contribution is 7.11. The van der Waals surface area contributed by atoms with Crippen molar-refractivity contribution in [1.29, 1.82) is 0 Å². The van der Waals surface area contributed by atoms with Crippen LogP contribution in [0.15, 0.2) is 72.8 Å². The quantitative estimate of drug-likeness (QED) is 0.0911. The summed E-state index contributed by atoms with van der Waals surface area (Å²) < 4.78 is 1.42. The summed E-state index contributed by atoms with van der Waals surface area (Å²) >= 11 is 0. The molecule has 0 aliphatic heterocycles. The van der Waals surface area contributed by atoms with Gasteiger partial charge >= 0.3 is 0 Å². The van der Waals surface area contributed by atoms with Crippen LogP contribution in [0.3, 0.4) is 0 Å². The summed E-state index contributed by atoms with van der Waals surface area (Å²) in [7, 11) is 0. The van der Waals surface area contributed by atoms with Crippen LogP contribution in [-0.2, 0) is 16.2 Å². The van der Waals surface area contributed by atoms with Crippen LogP contribution in [0.1, 0.15) is 178 Å². The van der Waals surface area contributed by atoms with Gasteiger partial charge < -0.3 is 4.48 Å². The summed E-state index contributed by atoms with van der Waals surface area (Å²) in [5.74, 6) is 0. The third-order valence-corrected chi connectivity index (χ3v) is 12.0. The minimum absolute atomic E-state index is 0.153. The van der Waals surface area contributed by atoms with Crippen LogP contribution in [0, 0.1) is 0 Å². The average molecular weight is 710 g/mol. The van der Waals surface area contributed by atoms with E-state index in [9.17, 15) is 0 Å². The van der Waals surface area contributed by atoms with E-state index in [-0.39, 0.29) is 16.2 Å². The highest BCUT2D eigenvalue weighted by atomic mass is 15.3. The zero-order valence-corrected chi connectivity index (χ0v) is 37.1. The molecule has 3 aromatic carbocycles. The van der Waals surface area contributed by atoms with Crippen molar-refractivity contribution < 1.29 is 4.48 Å². The fraction of sp³-hybridized carbons (Fsp3) is 0.640. The fourth-order valence-corrected chi connectivity index (χ4v) is 8.17. The first kappa shape index (κ1) is 45.8. The molecule has 0 saturated heterocycles. The molecular formula is C50H84BN. The normalized spacial score (nSPS) is 12.8. The van der Waals surface area contributed by atoms with Gasteiger partial charge in [0.25, 0.3) is 0 Å². The maximum atomic E-state index is 2.42. The van der Waals surface area contributed by atoms with Gasteiger partial charge in [0.05, 0.1) is 32.3 Å². The Hall–Kier alpha value is -2.32. The number of unbranched alkanes of at least 4 members (excludes halogenated alkanes) is 5. The monoisotopic (exact) mass is 710 g/mol. The molecule has 0 radical (unpaired) electrons. The molecule has 0 amide bonds. The van der Waals surface area contributed by atoms with Crippen molar-refractivity contribution in [2.45, 2.75) is 184 Å². The number of rotatable bonds is 18. The van der Waals surface area contributed by atoms with Gasteiger partial charge in [-0.3, -0.25) is 0 Å². The lowest BCUT2D eigenvalue weighted by atomic mass is 9.14. The number of hydrogen-bond acceptors (Lipinski definition) is 0. The minimum atomic E-state index is -1.08. The Labute approximate surface area is 325 Å². The largest absolute Gasteiger partial charge is 0.324 e. The summed E-state index contributed by atoms with van der Waals surface area (Å²) in [6.45, 7) is 38.0. The van der Waals surface area contributed by atoms with Gasteiger partial charge in [-0.2, -0.15) is 22.7 Å². The Morgan fingerprint density at radius 2 is 0.596 bits per heavy atom. The first-order valence-electron chi connectivity index (χ1n) is 21.8. The van der Waals surface area contributed by atoms with Crippen LogP contribution in [0.4, 0.5) is 0 Å². The average Bonchev–Trinajstić information content (AvgIpc) is 3.11. The van der Waals surface area contributed by atoms with Crippen molar-refractivity contribution in [3.63, 3.8) is 0 Å². The van der Waals surface area contributed by atoms with Crippen molar-refractivity contribution in [3.05, 3.63) is 89.5 Å². The summed E-state index contributed by atoms with van der Waals surface area (Å²) in [6.07, 6.45) is 13.6. The van der Waals surface area contributed by atoms with E-state index in [4.69, 9.17) is 0 Å². The van der Waals surface area contributed by atoms with Crippen LogP contribution < -0.4 is 16.4 Å². The lowest BCUT2D eigenvalue weighted by Gasteiger charge is -2.44. The lowest BCUT2D eigenvalue weighted by molar-refractivity contribution is -0.929. The van der Waals surface area contributed by atoms with Crippen molar-refractivity contribution in [2.75, 3.05) is 26.2 Å². The SMILES string of the molecule is CCCC[B-](c1ccc(C(C)(C)C)cc1)(c1ccc(C(C)(C)C)cc1)c1ccc(C(C)(C)C)cc1.CCCC[N+](CCCC)(CCCC)CCCC. The Kier molecular flexibility index (Phi) is 18.5. The molecule has 2 heteroatoms. The molecule has 0 bridgehead atoms. The molecule has 3 aromatic rings. The molecule has 0 N–H and O–H groups in total. The summed E-state index contributed by atoms with van der Waals surface area (Å²) in [5, 5.41) is 0. The van der Waals surface area contributed by atoms with Crippen LogP contribution in [0.5, 0.6) is 0 Å². The molecule has 52 heavy (non-hydrogen) atoms. The molecular weight excluding hydrogens is 625 g/mol. The zero-order valence-electron chi connectivity index (χ0n) is 37.1. The molecule has 0 aliphatic rings. The molecule has 0 fully saturated rings. The third-order valence-electron chi connectivity index (χ3n) is 12.0. The van der Waals surface area contributed by atoms with Gasteiger partial charge in [-0.15, -0.1) is 0 Å². The van der Waals surface area contributed by atoms with Gasteiger partial charge in [0.1, 0.15) is 0 Å². The van der Waals surface area contributed by atoms with E-state index in [1.165, 1.54) is 128 Å². The van der Waals surface area contributed by atoms with E-state index in [2.05, 4.69) is 170 Å². The Balaban J connectivity index is 0.000000465. The molecule has 0 saturated carbocycles. The Bertz CT molecular complexity index is 1200. The van der Waals surface area contributed by atoms with Crippen molar-refractivity contribution in [2.24, 2.45) is 0 Å². The summed E-state index contributed by atoms with van der Waals surface area (Å²) in [4.78, 5) is 0. The predicted octanol–water partition coefficient (Wildman–Crippen LogP) is 12.9. The maximum Gasteiger partial charge on any atom is 0.0814 e. The summed E-state index contributed by atoms with van der Waals surface area (Å²) in [5.41, 5.74) is 9.02. The summed E-state index contributed by atoms with van der Waals surface area (Å²) in [6, 6.07) is 28.7. The van der Waals surface area contributed by atoms with E-state index >= 15 is 0 Å². The third kappa shape index (κ3) is 13.2. The number of hydrogen-bond donors (Lipinski definition) is 0. The molecule has 3 rings (SSSR count). The molecule has 0 heterocycles. The molecule has 1 nitrogen and oxygen atoms in total. The second-order valence-corrected chi connectivity index (χ2v) is 19.5. The van der Waals surface area contributed by atoms with Gasteiger partial charge in [-0.25, -0.2) is 0 Å². The van der Waals surface area contributed by atoms with Gasteiger partial charge in [0.15, 0.2) is 0 Å².